The van der Waals surface area contributed by atoms with Crippen molar-refractivity contribution in [3.05, 3.63) is 41.4 Å². The van der Waals surface area contributed by atoms with Crippen molar-refractivity contribution in [1.29, 1.82) is 0 Å². The lowest BCUT2D eigenvalue weighted by Gasteiger charge is -2.39. The number of hydrogen-bond donors (Lipinski definition) is 1. The number of hydrogen-bond acceptors (Lipinski definition) is 4. The van der Waals surface area contributed by atoms with E-state index < -0.39 is 0 Å². The highest BCUT2D eigenvalue weighted by Crippen LogP contribution is 2.34. The number of halogens is 1. The number of benzene rings is 1. The molecule has 1 saturated heterocycles. The van der Waals surface area contributed by atoms with Crippen molar-refractivity contribution < 1.29 is 9.52 Å². The lowest BCUT2D eigenvalue weighted by atomic mass is 9.77. The van der Waals surface area contributed by atoms with Crippen molar-refractivity contribution in [1.82, 2.24) is 9.88 Å². The van der Waals surface area contributed by atoms with Gasteiger partial charge in [0, 0.05) is 17.2 Å². The van der Waals surface area contributed by atoms with Gasteiger partial charge in [-0.25, -0.2) is 4.98 Å². The average Bonchev–Trinajstić information content (AvgIpc) is 3.04. The Morgan fingerprint density at radius 1 is 1.35 bits per heavy atom. The smallest absolute Gasteiger partial charge is 0.209 e. The molecule has 1 aromatic carbocycles. The molecule has 124 valence electrons. The molecule has 0 radical (unpaired) electrons. The lowest BCUT2D eigenvalue weighted by Crippen LogP contribution is -2.41. The van der Waals surface area contributed by atoms with Gasteiger partial charge in [0.25, 0.3) is 0 Å². The van der Waals surface area contributed by atoms with E-state index >= 15 is 0 Å². The van der Waals surface area contributed by atoms with Gasteiger partial charge in [0.15, 0.2) is 5.76 Å². The van der Waals surface area contributed by atoms with Crippen molar-refractivity contribution in [2.45, 2.75) is 32.7 Å². The molecule has 1 fully saturated rings. The second-order valence-electron chi connectivity index (χ2n) is 6.42. The fourth-order valence-electron chi connectivity index (χ4n) is 3.16. The van der Waals surface area contributed by atoms with Crippen LogP contribution in [0.2, 0.25) is 5.02 Å². The summed E-state index contributed by atoms with van der Waals surface area (Å²) in [7, 11) is 0. The van der Waals surface area contributed by atoms with E-state index in [1.165, 1.54) is 0 Å². The Balaban J connectivity index is 1.62. The lowest BCUT2D eigenvalue weighted by molar-refractivity contribution is 0.0355. The Bertz CT molecular complexity index is 642. The Morgan fingerprint density at radius 3 is 2.78 bits per heavy atom. The van der Waals surface area contributed by atoms with Crippen molar-refractivity contribution in [3.63, 3.8) is 0 Å². The normalized spacial score (nSPS) is 18.2. The standard InChI is InChI=1S/C18H23ClN2O2/c1-2-18(13-22)6-8-21(9-7-18)12-17-20-11-16(23-17)14-4-3-5-15(19)10-14/h3-5,10-11,22H,2,6-9,12-13H2,1H3. The van der Waals surface area contributed by atoms with Crippen molar-refractivity contribution in [2.24, 2.45) is 5.41 Å². The summed E-state index contributed by atoms with van der Waals surface area (Å²) in [5.74, 6) is 1.48. The first-order chi connectivity index (χ1) is 11.1. The van der Waals surface area contributed by atoms with Gasteiger partial charge in [0.05, 0.1) is 12.7 Å². The molecule has 0 saturated carbocycles. The van der Waals surface area contributed by atoms with Gasteiger partial charge in [-0.3, -0.25) is 4.90 Å². The molecule has 0 aliphatic carbocycles. The zero-order chi connectivity index (χ0) is 16.3. The molecule has 0 atom stereocenters. The number of aliphatic hydroxyl groups is 1. The van der Waals surface area contributed by atoms with Gasteiger partial charge < -0.3 is 9.52 Å². The van der Waals surface area contributed by atoms with Crippen LogP contribution in [0.4, 0.5) is 0 Å². The molecular weight excluding hydrogens is 312 g/mol. The van der Waals surface area contributed by atoms with E-state index in [1.54, 1.807) is 6.20 Å². The summed E-state index contributed by atoms with van der Waals surface area (Å²) < 4.78 is 5.87. The molecule has 0 spiro atoms. The molecule has 23 heavy (non-hydrogen) atoms. The van der Waals surface area contributed by atoms with E-state index in [9.17, 15) is 5.11 Å². The van der Waals surface area contributed by atoms with Gasteiger partial charge >= 0.3 is 0 Å². The van der Waals surface area contributed by atoms with Gasteiger partial charge in [0.2, 0.25) is 5.89 Å². The minimum absolute atomic E-state index is 0.110. The maximum atomic E-state index is 9.61. The summed E-state index contributed by atoms with van der Waals surface area (Å²) >= 11 is 6.02. The van der Waals surface area contributed by atoms with Gasteiger partial charge in [-0.2, -0.15) is 0 Å². The predicted octanol–water partition coefficient (Wildman–Crippen LogP) is 3.98. The first-order valence-corrected chi connectivity index (χ1v) is 8.56. The minimum atomic E-state index is 0.110. The van der Waals surface area contributed by atoms with Crippen LogP contribution in [0.25, 0.3) is 11.3 Å². The third kappa shape index (κ3) is 3.77. The zero-order valence-corrected chi connectivity index (χ0v) is 14.2. The van der Waals surface area contributed by atoms with Crippen LogP contribution in [0.15, 0.2) is 34.9 Å². The maximum Gasteiger partial charge on any atom is 0.209 e. The number of likely N-dealkylation sites (tertiary alicyclic amines) is 1. The van der Waals surface area contributed by atoms with Crippen LogP contribution in [0.1, 0.15) is 32.1 Å². The molecule has 3 rings (SSSR count). The Kier molecular flexibility index (Phi) is 5.05. The number of aromatic nitrogens is 1. The summed E-state index contributed by atoms with van der Waals surface area (Å²) in [5.41, 5.74) is 1.05. The predicted molar refractivity (Wildman–Crippen MR) is 91.3 cm³/mol. The first-order valence-electron chi connectivity index (χ1n) is 8.18. The largest absolute Gasteiger partial charge is 0.439 e. The number of nitrogens with zero attached hydrogens (tertiary/aromatic N) is 2. The van der Waals surface area contributed by atoms with Crippen LogP contribution >= 0.6 is 11.6 Å². The molecule has 0 bridgehead atoms. The second kappa shape index (κ2) is 7.04. The highest BCUT2D eigenvalue weighted by Gasteiger charge is 2.32. The molecule has 1 N–H and O–H groups in total. The summed E-state index contributed by atoms with van der Waals surface area (Å²) in [6.07, 6.45) is 4.86. The summed E-state index contributed by atoms with van der Waals surface area (Å²) in [5, 5.41) is 10.3. The van der Waals surface area contributed by atoms with E-state index in [-0.39, 0.29) is 12.0 Å². The molecule has 0 unspecified atom stereocenters. The maximum absolute atomic E-state index is 9.61. The SMILES string of the molecule is CCC1(CO)CCN(Cc2ncc(-c3cccc(Cl)c3)o2)CC1. The van der Waals surface area contributed by atoms with E-state index in [0.29, 0.717) is 11.6 Å². The van der Waals surface area contributed by atoms with Crippen LogP contribution in [-0.4, -0.2) is 34.7 Å². The number of aliphatic hydroxyl groups excluding tert-OH is 1. The Hall–Kier alpha value is -1.36. The Morgan fingerprint density at radius 2 is 2.13 bits per heavy atom. The first kappa shape index (κ1) is 16.5. The quantitative estimate of drug-likeness (QED) is 0.898. The van der Waals surface area contributed by atoms with E-state index in [2.05, 4.69) is 16.8 Å². The molecule has 5 heteroatoms. The second-order valence-corrected chi connectivity index (χ2v) is 6.85. The van der Waals surface area contributed by atoms with E-state index in [1.807, 2.05) is 24.3 Å². The third-order valence-corrected chi connectivity index (χ3v) is 5.26. The van der Waals surface area contributed by atoms with Crippen molar-refractivity contribution in [3.8, 4) is 11.3 Å². The number of rotatable bonds is 5. The third-order valence-electron chi connectivity index (χ3n) is 5.02. The molecule has 1 aromatic heterocycles. The molecule has 0 amide bonds. The van der Waals surface area contributed by atoms with Crippen LogP contribution in [0, 0.1) is 5.41 Å². The van der Waals surface area contributed by atoms with Gasteiger partial charge in [-0.05, 0) is 49.9 Å². The number of oxazole rings is 1. The highest BCUT2D eigenvalue weighted by molar-refractivity contribution is 6.30. The van der Waals surface area contributed by atoms with Gasteiger partial charge in [0.1, 0.15) is 0 Å². The summed E-state index contributed by atoms with van der Waals surface area (Å²) in [6, 6.07) is 7.60. The van der Waals surface area contributed by atoms with E-state index in [0.717, 1.165) is 49.6 Å². The van der Waals surface area contributed by atoms with Crippen LogP contribution in [-0.2, 0) is 6.54 Å². The zero-order valence-electron chi connectivity index (χ0n) is 13.5. The molecule has 2 heterocycles. The monoisotopic (exact) mass is 334 g/mol. The molecule has 1 aliphatic rings. The fraction of sp³-hybridized carbons (Fsp3) is 0.500. The summed E-state index contributed by atoms with van der Waals surface area (Å²) in [4.78, 5) is 6.74. The van der Waals surface area contributed by atoms with E-state index in [4.69, 9.17) is 16.0 Å². The average molecular weight is 335 g/mol. The topological polar surface area (TPSA) is 49.5 Å². The molecule has 1 aliphatic heterocycles. The molecular formula is C18H23ClN2O2. The van der Waals surface area contributed by atoms with Gasteiger partial charge in [-0.15, -0.1) is 0 Å². The fourth-order valence-corrected chi connectivity index (χ4v) is 3.35. The van der Waals surface area contributed by atoms with Crippen LogP contribution < -0.4 is 0 Å². The molecule has 2 aromatic rings. The highest BCUT2D eigenvalue weighted by atomic mass is 35.5. The minimum Gasteiger partial charge on any atom is -0.439 e. The van der Waals surface area contributed by atoms with Gasteiger partial charge in [-0.1, -0.05) is 30.7 Å². The van der Waals surface area contributed by atoms with Crippen molar-refractivity contribution in [2.75, 3.05) is 19.7 Å². The van der Waals surface area contributed by atoms with Crippen LogP contribution in [0.3, 0.4) is 0 Å². The van der Waals surface area contributed by atoms with Crippen LogP contribution in [0.5, 0.6) is 0 Å². The molecule has 4 nitrogen and oxygen atoms in total. The summed E-state index contributed by atoms with van der Waals surface area (Å²) in [6.45, 7) is 5.12. The number of piperidine rings is 1. The van der Waals surface area contributed by atoms with Crippen molar-refractivity contribution >= 4 is 11.6 Å². The Labute approximate surface area is 142 Å².